The van der Waals surface area contributed by atoms with E-state index in [9.17, 15) is 4.79 Å². The van der Waals surface area contributed by atoms with Crippen LogP contribution < -0.4 is 10.6 Å². The van der Waals surface area contributed by atoms with Gasteiger partial charge in [-0.25, -0.2) is 0 Å². The quantitative estimate of drug-likeness (QED) is 0.438. The molecule has 1 atom stereocenters. The zero-order valence-corrected chi connectivity index (χ0v) is 9.01. The van der Waals surface area contributed by atoms with Gasteiger partial charge in [-0.3, -0.25) is 4.79 Å². The molecule has 0 aromatic rings. The Bertz CT molecular complexity index is 172. The van der Waals surface area contributed by atoms with Crippen molar-refractivity contribution < 1.29 is 9.53 Å². The number of hydrogen-bond donors (Lipinski definition) is 2. The molecule has 14 heavy (non-hydrogen) atoms. The highest BCUT2D eigenvalue weighted by atomic mass is 16.5. The van der Waals surface area contributed by atoms with Crippen molar-refractivity contribution in [3.8, 4) is 0 Å². The van der Waals surface area contributed by atoms with Crippen LogP contribution in [0.3, 0.4) is 0 Å². The summed E-state index contributed by atoms with van der Waals surface area (Å²) in [5.74, 6) is -0.0126. The average Bonchev–Trinajstić information content (AvgIpc) is 2.20. The van der Waals surface area contributed by atoms with Gasteiger partial charge in [0.1, 0.15) is 0 Å². The van der Waals surface area contributed by atoms with Gasteiger partial charge in [0.2, 0.25) is 5.91 Å². The van der Waals surface area contributed by atoms with Gasteiger partial charge in [-0.05, 0) is 13.8 Å². The van der Waals surface area contributed by atoms with E-state index >= 15 is 0 Å². The van der Waals surface area contributed by atoms with Crippen LogP contribution in [-0.2, 0) is 9.53 Å². The molecule has 0 rings (SSSR count). The van der Waals surface area contributed by atoms with Crippen molar-refractivity contribution in [1.82, 2.24) is 10.6 Å². The van der Waals surface area contributed by atoms with Crippen LogP contribution >= 0.6 is 0 Å². The van der Waals surface area contributed by atoms with Crippen molar-refractivity contribution in [2.75, 3.05) is 26.3 Å². The van der Waals surface area contributed by atoms with Crippen LogP contribution in [0.1, 0.15) is 13.8 Å². The Labute approximate surface area is 85.7 Å². The number of carbonyl (C=O) groups is 1. The van der Waals surface area contributed by atoms with Gasteiger partial charge in [0.05, 0.1) is 12.6 Å². The lowest BCUT2D eigenvalue weighted by molar-refractivity contribution is -0.122. The Hall–Kier alpha value is -0.870. The van der Waals surface area contributed by atoms with Crippen LogP contribution in [0.5, 0.6) is 0 Å². The van der Waals surface area contributed by atoms with Gasteiger partial charge >= 0.3 is 0 Å². The average molecular weight is 200 g/mol. The molecule has 0 aromatic carbocycles. The molecule has 1 unspecified atom stereocenters. The third-order valence-electron chi connectivity index (χ3n) is 1.71. The van der Waals surface area contributed by atoms with Gasteiger partial charge in [0, 0.05) is 19.7 Å². The molecule has 0 spiro atoms. The largest absolute Gasteiger partial charge is 0.380 e. The molecule has 0 aliphatic rings. The fourth-order valence-electron chi connectivity index (χ4n) is 0.910. The summed E-state index contributed by atoms with van der Waals surface area (Å²) >= 11 is 0. The van der Waals surface area contributed by atoms with Crippen LogP contribution in [0.2, 0.25) is 0 Å². The first-order valence-electron chi connectivity index (χ1n) is 4.92. The summed E-state index contributed by atoms with van der Waals surface area (Å²) < 4.78 is 5.13. The lowest BCUT2D eigenvalue weighted by atomic mass is 10.3. The first kappa shape index (κ1) is 13.1. The molecule has 0 aliphatic heterocycles. The van der Waals surface area contributed by atoms with Crippen LogP contribution in [-0.4, -0.2) is 38.3 Å². The molecule has 0 saturated heterocycles. The van der Waals surface area contributed by atoms with Crippen molar-refractivity contribution >= 4 is 5.91 Å². The van der Waals surface area contributed by atoms with Gasteiger partial charge in [-0.15, -0.1) is 6.58 Å². The Kier molecular flexibility index (Phi) is 8.17. The van der Waals surface area contributed by atoms with Crippen LogP contribution in [0.25, 0.3) is 0 Å². The van der Waals surface area contributed by atoms with Crippen LogP contribution in [0, 0.1) is 0 Å². The van der Waals surface area contributed by atoms with E-state index in [4.69, 9.17) is 4.74 Å². The lowest BCUT2D eigenvalue weighted by Gasteiger charge is -2.12. The predicted molar refractivity (Wildman–Crippen MR) is 57.2 cm³/mol. The van der Waals surface area contributed by atoms with E-state index in [1.807, 2.05) is 13.8 Å². The van der Waals surface area contributed by atoms with Gasteiger partial charge < -0.3 is 15.4 Å². The number of nitrogens with one attached hydrogen (secondary N) is 2. The van der Waals surface area contributed by atoms with Crippen molar-refractivity contribution in [3.05, 3.63) is 12.7 Å². The number of ether oxygens (including phenoxy) is 1. The fourth-order valence-corrected chi connectivity index (χ4v) is 0.910. The van der Waals surface area contributed by atoms with Gasteiger partial charge in [0.15, 0.2) is 0 Å². The fraction of sp³-hybridized carbons (Fsp3) is 0.700. The van der Waals surface area contributed by atoms with E-state index in [0.717, 1.165) is 0 Å². The maximum absolute atomic E-state index is 11.3. The first-order valence-corrected chi connectivity index (χ1v) is 4.92. The summed E-state index contributed by atoms with van der Waals surface area (Å²) in [5.41, 5.74) is 0. The maximum atomic E-state index is 11.3. The molecule has 0 fully saturated rings. The maximum Gasteiger partial charge on any atom is 0.237 e. The predicted octanol–water partition coefficient (Wildman–Crippen LogP) is 0.303. The number of amides is 1. The Morgan fingerprint density at radius 1 is 1.64 bits per heavy atom. The minimum Gasteiger partial charge on any atom is -0.380 e. The molecule has 0 aliphatic carbocycles. The summed E-state index contributed by atoms with van der Waals surface area (Å²) in [6.07, 6.45) is 1.66. The van der Waals surface area contributed by atoms with Gasteiger partial charge in [-0.1, -0.05) is 6.08 Å². The summed E-state index contributed by atoms with van der Waals surface area (Å²) in [4.78, 5) is 11.3. The van der Waals surface area contributed by atoms with Crippen molar-refractivity contribution in [1.29, 1.82) is 0 Å². The third kappa shape index (κ3) is 6.62. The molecule has 82 valence electrons. The van der Waals surface area contributed by atoms with Crippen LogP contribution in [0.4, 0.5) is 0 Å². The Morgan fingerprint density at radius 2 is 2.36 bits per heavy atom. The minimum absolute atomic E-state index is 0.0126. The summed E-state index contributed by atoms with van der Waals surface area (Å²) in [7, 11) is 0. The molecule has 0 radical (unpaired) electrons. The highest BCUT2D eigenvalue weighted by Gasteiger charge is 2.09. The number of hydrogen-bond acceptors (Lipinski definition) is 3. The monoisotopic (exact) mass is 200 g/mol. The zero-order valence-electron chi connectivity index (χ0n) is 9.01. The molecule has 0 heterocycles. The van der Waals surface area contributed by atoms with Gasteiger partial charge in [0.25, 0.3) is 0 Å². The summed E-state index contributed by atoms with van der Waals surface area (Å²) in [6, 6.07) is -0.185. The van der Waals surface area contributed by atoms with E-state index in [-0.39, 0.29) is 11.9 Å². The van der Waals surface area contributed by atoms with Gasteiger partial charge in [-0.2, -0.15) is 0 Å². The standard InChI is InChI=1S/C10H20N2O2/c1-4-6-12-10(13)9(3)11-7-8-14-5-2/h4,9,11H,1,5-8H2,2-3H3,(H,12,13). The third-order valence-corrected chi connectivity index (χ3v) is 1.71. The lowest BCUT2D eigenvalue weighted by Crippen LogP contribution is -2.43. The summed E-state index contributed by atoms with van der Waals surface area (Å²) in [5, 5.41) is 5.77. The van der Waals surface area contributed by atoms with Crippen LogP contribution in [0.15, 0.2) is 12.7 Å². The second-order valence-electron chi connectivity index (χ2n) is 2.91. The molecule has 0 aromatic heterocycles. The Morgan fingerprint density at radius 3 is 2.93 bits per heavy atom. The van der Waals surface area contributed by atoms with Crippen molar-refractivity contribution in [3.63, 3.8) is 0 Å². The first-order chi connectivity index (χ1) is 6.72. The SMILES string of the molecule is C=CCNC(=O)C(C)NCCOCC. The van der Waals surface area contributed by atoms with E-state index in [0.29, 0.717) is 26.3 Å². The molecule has 1 amide bonds. The highest BCUT2D eigenvalue weighted by Crippen LogP contribution is 1.81. The minimum atomic E-state index is -0.185. The zero-order chi connectivity index (χ0) is 10.8. The second-order valence-corrected chi connectivity index (χ2v) is 2.91. The van der Waals surface area contributed by atoms with E-state index < -0.39 is 0 Å². The molecule has 2 N–H and O–H groups in total. The van der Waals surface area contributed by atoms with Crippen molar-refractivity contribution in [2.45, 2.75) is 19.9 Å². The molecule has 4 heteroatoms. The Balaban J connectivity index is 3.46. The number of rotatable bonds is 8. The van der Waals surface area contributed by atoms with E-state index in [1.54, 1.807) is 6.08 Å². The molecular weight excluding hydrogens is 180 g/mol. The molecule has 0 saturated carbocycles. The second kappa shape index (κ2) is 8.72. The van der Waals surface area contributed by atoms with E-state index in [1.165, 1.54) is 0 Å². The summed E-state index contributed by atoms with van der Waals surface area (Å²) in [6.45, 7) is 9.83. The molecule has 0 bridgehead atoms. The van der Waals surface area contributed by atoms with Crippen molar-refractivity contribution in [2.24, 2.45) is 0 Å². The number of carbonyl (C=O) groups excluding carboxylic acids is 1. The molecular formula is C10H20N2O2. The smallest absolute Gasteiger partial charge is 0.237 e. The van der Waals surface area contributed by atoms with E-state index in [2.05, 4.69) is 17.2 Å². The topological polar surface area (TPSA) is 50.4 Å². The normalized spacial score (nSPS) is 12.1. The highest BCUT2D eigenvalue weighted by molar-refractivity contribution is 5.81. The molecule has 4 nitrogen and oxygen atoms in total.